The maximum atomic E-state index is 12.7. The Labute approximate surface area is 133 Å². The summed E-state index contributed by atoms with van der Waals surface area (Å²) in [7, 11) is -4.09. The number of rotatable bonds is 3. The summed E-state index contributed by atoms with van der Waals surface area (Å²) in [6.07, 6.45) is -0.984. The fourth-order valence-electron chi connectivity index (χ4n) is 1.62. The zero-order chi connectivity index (χ0) is 16.4. The number of amides is 1. The van der Waals surface area contributed by atoms with Crippen molar-refractivity contribution in [2.24, 2.45) is 0 Å². The molecule has 2 rings (SSSR count). The smallest absolute Gasteiger partial charge is 0.430 e. The van der Waals surface area contributed by atoms with Gasteiger partial charge in [-0.1, -0.05) is 18.2 Å². The van der Waals surface area contributed by atoms with E-state index in [0.29, 0.717) is 4.31 Å². The maximum absolute atomic E-state index is 12.7. The number of anilines is 1. The van der Waals surface area contributed by atoms with E-state index in [0.717, 1.165) is 0 Å². The summed E-state index contributed by atoms with van der Waals surface area (Å²) in [6, 6.07) is 7.69. The van der Waals surface area contributed by atoms with Crippen LogP contribution in [-0.2, 0) is 14.8 Å². The van der Waals surface area contributed by atoms with Gasteiger partial charge in [-0.05, 0) is 32.9 Å². The van der Waals surface area contributed by atoms with E-state index in [-0.39, 0.29) is 10.7 Å². The number of ether oxygens (including phenoxy) is 1. The molecule has 1 amide bonds. The lowest BCUT2D eigenvalue weighted by Crippen LogP contribution is -2.41. The molecule has 0 N–H and O–H groups in total. The van der Waals surface area contributed by atoms with Crippen LogP contribution >= 0.6 is 11.3 Å². The van der Waals surface area contributed by atoms with E-state index in [2.05, 4.69) is 4.98 Å². The third-order valence-corrected chi connectivity index (χ3v) is 4.73. The molecule has 6 nitrogen and oxygen atoms in total. The standard InChI is InChI=1S/C14H16N2O4S2/c1-14(2,3)20-13(17)16(12-9-21-10-15-12)22(18,19)11-7-5-4-6-8-11/h4-10H,1-3H3. The molecule has 0 saturated carbocycles. The largest absolute Gasteiger partial charge is 0.443 e. The highest BCUT2D eigenvalue weighted by molar-refractivity contribution is 7.93. The molecule has 0 atom stereocenters. The Bertz CT molecular complexity index is 735. The number of sulfonamides is 1. The average molecular weight is 340 g/mol. The number of benzene rings is 1. The first-order valence-electron chi connectivity index (χ1n) is 6.43. The molecule has 1 heterocycles. The van der Waals surface area contributed by atoms with Gasteiger partial charge in [0.25, 0.3) is 10.0 Å². The average Bonchev–Trinajstić information content (AvgIpc) is 2.91. The van der Waals surface area contributed by atoms with E-state index in [9.17, 15) is 13.2 Å². The van der Waals surface area contributed by atoms with Gasteiger partial charge in [0, 0.05) is 5.38 Å². The van der Waals surface area contributed by atoms with Crippen LogP contribution in [0.3, 0.4) is 0 Å². The summed E-state index contributed by atoms with van der Waals surface area (Å²) in [5.74, 6) is 0.0168. The van der Waals surface area contributed by atoms with Gasteiger partial charge < -0.3 is 4.74 Å². The summed E-state index contributed by atoms with van der Waals surface area (Å²) in [5.41, 5.74) is 0.630. The molecule has 0 saturated heterocycles. The Balaban J connectivity index is 2.48. The summed E-state index contributed by atoms with van der Waals surface area (Å²) in [4.78, 5) is 16.3. The van der Waals surface area contributed by atoms with Crippen LogP contribution in [0.2, 0.25) is 0 Å². The lowest BCUT2D eigenvalue weighted by atomic mass is 10.2. The summed E-state index contributed by atoms with van der Waals surface area (Å²) in [5, 5.41) is 1.48. The molecule has 0 fully saturated rings. The SMILES string of the molecule is CC(C)(C)OC(=O)N(c1cscn1)S(=O)(=O)c1ccccc1. The number of thiazole rings is 1. The van der Waals surface area contributed by atoms with Crippen molar-refractivity contribution in [3.63, 3.8) is 0 Å². The van der Waals surface area contributed by atoms with Crippen LogP contribution in [0.5, 0.6) is 0 Å². The van der Waals surface area contributed by atoms with Gasteiger partial charge in [0.2, 0.25) is 0 Å². The van der Waals surface area contributed by atoms with E-state index in [1.165, 1.54) is 34.4 Å². The minimum atomic E-state index is -4.09. The van der Waals surface area contributed by atoms with Gasteiger partial charge in [0.05, 0.1) is 10.4 Å². The molecule has 0 aliphatic carbocycles. The van der Waals surface area contributed by atoms with E-state index >= 15 is 0 Å². The van der Waals surface area contributed by atoms with E-state index < -0.39 is 21.7 Å². The quantitative estimate of drug-likeness (QED) is 0.857. The first-order valence-corrected chi connectivity index (χ1v) is 8.82. The second-order valence-electron chi connectivity index (χ2n) is 5.41. The second kappa shape index (κ2) is 6.05. The van der Waals surface area contributed by atoms with Crippen LogP contribution < -0.4 is 4.31 Å². The molecule has 8 heteroatoms. The molecule has 0 unspecified atom stereocenters. The summed E-state index contributed by atoms with van der Waals surface area (Å²) < 4.78 is 31.3. The molecular weight excluding hydrogens is 324 g/mol. The van der Waals surface area contributed by atoms with Crippen molar-refractivity contribution in [2.45, 2.75) is 31.3 Å². The van der Waals surface area contributed by atoms with Crippen LogP contribution in [0.4, 0.5) is 10.6 Å². The van der Waals surface area contributed by atoms with E-state index in [1.807, 2.05) is 0 Å². The Morgan fingerprint density at radius 1 is 1.23 bits per heavy atom. The Morgan fingerprint density at radius 2 is 1.86 bits per heavy atom. The Hall–Kier alpha value is -1.93. The fourth-order valence-corrected chi connectivity index (χ4v) is 3.50. The van der Waals surface area contributed by atoms with Crippen molar-refractivity contribution >= 4 is 33.3 Å². The molecule has 0 bridgehead atoms. The van der Waals surface area contributed by atoms with Gasteiger partial charge in [-0.2, -0.15) is 0 Å². The van der Waals surface area contributed by atoms with Gasteiger partial charge in [-0.3, -0.25) is 0 Å². The van der Waals surface area contributed by atoms with Gasteiger partial charge >= 0.3 is 6.09 Å². The minimum Gasteiger partial charge on any atom is -0.443 e. The third kappa shape index (κ3) is 3.63. The number of carbonyl (C=O) groups is 1. The van der Waals surface area contributed by atoms with Crippen molar-refractivity contribution in [3.05, 3.63) is 41.2 Å². The molecule has 1 aromatic heterocycles. The molecule has 22 heavy (non-hydrogen) atoms. The molecule has 1 aromatic carbocycles. The Morgan fingerprint density at radius 3 is 2.36 bits per heavy atom. The first-order chi connectivity index (χ1) is 10.2. The molecule has 0 aliphatic rings. The van der Waals surface area contributed by atoms with Crippen molar-refractivity contribution in [1.82, 2.24) is 4.98 Å². The predicted molar refractivity (Wildman–Crippen MR) is 84.5 cm³/mol. The van der Waals surface area contributed by atoms with Crippen LogP contribution in [0.25, 0.3) is 0 Å². The molecule has 0 spiro atoms. The number of aromatic nitrogens is 1. The minimum absolute atomic E-state index is 0.00569. The summed E-state index contributed by atoms with van der Waals surface area (Å²) in [6.45, 7) is 5.00. The van der Waals surface area contributed by atoms with Crippen molar-refractivity contribution in [3.8, 4) is 0 Å². The predicted octanol–water partition coefficient (Wildman–Crippen LogP) is 3.27. The van der Waals surface area contributed by atoms with E-state index in [1.54, 1.807) is 39.0 Å². The normalized spacial score (nSPS) is 12.0. The highest BCUT2D eigenvalue weighted by atomic mass is 32.2. The van der Waals surface area contributed by atoms with Crippen LogP contribution in [0, 0.1) is 0 Å². The topological polar surface area (TPSA) is 76.6 Å². The molecule has 2 aromatic rings. The molecule has 118 valence electrons. The molecule has 0 aliphatic heterocycles. The zero-order valence-electron chi connectivity index (χ0n) is 12.4. The van der Waals surface area contributed by atoms with Crippen LogP contribution in [0.1, 0.15) is 20.8 Å². The lowest BCUT2D eigenvalue weighted by molar-refractivity contribution is 0.0608. The number of nitrogens with zero attached hydrogens (tertiary/aromatic N) is 2. The van der Waals surface area contributed by atoms with Crippen LogP contribution in [0.15, 0.2) is 46.1 Å². The highest BCUT2D eigenvalue weighted by Crippen LogP contribution is 2.25. The van der Waals surface area contributed by atoms with Crippen molar-refractivity contribution < 1.29 is 17.9 Å². The number of hydrogen-bond acceptors (Lipinski definition) is 6. The van der Waals surface area contributed by atoms with Gasteiger partial charge in [-0.15, -0.1) is 15.6 Å². The van der Waals surface area contributed by atoms with Gasteiger partial charge in [0.15, 0.2) is 5.82 Å². The van der Waals surface area contributed by atoms with Gasteiger partial charge in [-0.25, -0.2) is 18.2 Å². The lowest BCUT2D eigenvalue weighted by Gasteiger charge is -2.25. The molecular formula is C14H16N2O4S2. The maximum Gasteiger partial charge on any atom is 0.430 e. The monoisotopic (exact) mass is 340 g/mol. The fraction of sp³-hybridized carbons (Fsp3) is 0.286. The molecule has 0 radical (unpaired) electrons. The zero-order valence-corrected chi connectivity index (χ0v) is 14.0. The second-order valence-corrected chi connectivity index (χ2v) is 7.91. The van der Waals surface area contributed by atoms with Crippen molar-refractivity contribution in [2.75, 3.05) is 4.31 Å². The Kier molecular flexibility index (Phi) is 4.52. The van der Waals surface area contributed by atoms with Crippen LogP contribution in [-0.4, -0.2) is 25.1 Å². The number of carbonyl (C=O) groups excluding carboxylic acids is 1. The number of hydrogen-bond donors (Lipinski definition) is 0. The summed E-state index contributed by atoms with van der Waals surface area (Å²) >= 11 is 1.19. The van der Waals surface area contributed by atoms with Crippen molar-refractivity contribution in [1.29, 1.82) is 0 Å². The van der Waals surface area contributed by atoms with E-state index in [4.69, 9.17) is 4.74 Å². The first kappa shape index (κ1) is 16.4. The van der Waals surface area contributed by atoms with Gasteiger partial charge in [0.1, 0.15) is 5.60 Å². The highest BCUT2D eigenvalue weighted by Gasteiger charge is 2.35. The third-order valence-electron chi connectivity index (χ3n) is 2.47.